The maximum Gasteiger partial charge on any atom is 0.104 e. The first-order chi connectivity index (χ1) is 14.0. The molecule has 4 nitrogen and oxygen atoms in total. The molecule has 0 radical (unpaired) electrons. The van der Waals surface area contributed by atoms with E-state index in [0.29, 0.717) is 37.3 Å². The molecule has 0 heterocycles. The lowest BCUT2D eigenvalue weighted by molar-refractivity contribution is -0.0812. The lowest BCUT2D eigenvalue weighted by Gasteiger charge is -2.53. The summed E-state index contributed by atoms with van der Waals surface area (Å²) in [7, 11) is 0. The van der Waals surface area contributed by atoms with Crippen LogP contribution in [0, 0.1) is 17.8 Å². The van der Waals surface area contributed by atoms with E-state index in [4.69, 9.17) is 9.84 Å². The molecule has 4 rings (SSSR count). The quantitative estimate of drug-likeness (QED) is 0.568. The van der Waals surface area contributed by atoms with E-state index in [-0.39, 0.29) is 30.8 Å². The van der Waals surface area contributed by atoms with Gasteiger partial charge in [-0.05, 0) is 55.9 Å². The van der Waals surface area contributed by atoms with Crippen molar-refractivity contribution in [2.75, 3.05) is 13.2 Å². The summed E-state index contributed by atoms with van der Waals surface area (Å²) in [6.07, 6.45) is 13.4. The Morgan fingerprint density at radius 3 is 2.86 bits per heavy atom. The molecular formula is C24H36FNO3. The number of ether oxygens (including phenoxy) is 1. The van der Waals surface area contributed by atoms with E-state index >= 15 is 0 Å². The molecule has 5 heteroatoms. The summed E-state index contributed by atoms with van der Waals surface area (Å²) in [6.45, 7) is 2.96. The molecule has 8 unspecified atom stereocenters. The van der Waals surface area contributed by atoms with Crippen LogP contribution in [0.25, 0.3) is 0 Å². The van der Waals surface area contributed by atoms with Crippen molar-refractivity contribution in [1.29, 1.82) is 0 Å². The Balaban J connectivity index is 1.29. The Morgan fingerprint density at radius 2 is 2.10 bits per heavy atom. The Labute approximate surface area is 173 Å². The van der Waals surface area contributed by atoms with Crippen molar-refractivity contribution in [3.63, 3.8) is 0 Å². The van der Waals surface area contributed by atoms with Gasteiger partial charge in [0, 0.05) is 31.0 Å². The monoisotopic (exact) mass is 405 g/mol. The number of allylic oxidation sites excluding steroid dienone is 1. The Hall–Kier alpha value is -1.01. The Morgan fingerprint density at radius 1 is 1.24 bits per heavy atom. The van der Waals surface area contributed by atoms with E-state index in [2.05, 4.69) is 36.5 Å². The molecule has 0 spiro atoms. The number of rotatable bonds is 7. The summed E-state index contributed by atoms with van der Waals surface area (Å²) < 4.78 is 19.7. The molecular weight excluding hydrogens is 369 g/mol. The molecule has 29 heavy (non-hydrogen) atoms. The van der Waals surface area contributed by atoms with Gasteiger partial charge in [0.2, 0.25) is 0 Å². The Bertz CT molecular complexity index is 661. The number of aliphatic hydroxyl groups excluding tert-OH is 2. The SMILES string of the molecule is CC1C=C(CCO)CCC1NC1C(O)C2C=CC(OCC3=CCCC(F)C3)CC21. The van der Waals surface area contributed by atoms with Crippen molar-refractivity contribution in [1.82, 2.24) is 5.32 Å². The average molecular weight is 406 g/mol. The van der Waals surface area contributed by atoms with Gasteiger partial charge in [-0.1, -0.05) is 36.8 Å². The third-order valence-electron chi connectivity index (χ3n) is 7.40. The predicted octanol–water partition coefficient (Wildman–Crippen LogP) is 3.45. The van der Waals surface area contributed by atoms with Crippen molar-refractivity contribution in [3.8, 4) is 0 Å². The molecule has 8 atom stereocenters. The van der Waals surface area contributed by atoms with Crippen molar-refractivity contribution < 1.29 is 19.3 Å². The zero-order valence-electron chi connectivity index (χ0n) is 17.5. The molecule has 1 fully saturated rings. The van der Waals surface area contributed by atoms with Crippen molar-refractivity contribution in [2.45, 2.75) is 82.3 Å². The number of hydrogen-bond donors (Lipinski definition) is 3. The second kappa shape index (κ2) is 9.42. The van der Waals surface area contributed by atoms with Crippen LogP contribution < -0.4 is 5.32 Å². The fraction of sp³-hybridized carbons (Fsp3) is 0.750. The van der Waals surface area contributed by atoms with E-state index in [9.17, 15) is 9.50 Å². The topological polar surface area (TPSA) is 61.7 Å². The van der Waals surface area contributed by atoms with Gasteiger partial charge in [0.1, 0.15) is 6.17 Å². The molecule has 1 saturated carbocycles. The van der Waals surface area contributed by atoms with Gasteiger partial charge < -0.3 is 20.3 Å². The second-order valence-corrected chi connectivity index (χ2v) is 9.44. The lowest BCUT2D eigenvalue weighted by atomic mass is 9.61. The van der Waals surface area contributed by atoms with Crippen molar-refractivity contribution in [3.05, 3.63) is 35.5 Å². The molecule has 0 bridgehead atoms. The van der Waals surface area contributed by atoms with Crippen molar-refractivity contribution >= 4 is 0 Å². The maximum absolute atomic E-state index is 13.6. The van der Waals surface area contributed by atoms with Crippen LogP contribution in [-0.4, -0.2) is 53.9 Å². The van der Waals surface area contributed by atoms with Gasteiger partial charge >= 0.3 is 0 Å². The smallest absolute Gasteiger partial charge is 0.104 e. The van der Waals surface area contributed by atoms with Crippen LogP contribution in [0.15, 0.2) is 35.5 Å². The van der Waals surface area contributed by atoms with E-state index in [1.54, 1.807) is 0 Å². The highest BCUT2D eigenvalue weighted by molar-refractivity contribution is 5.19. The van der Waals surface area contributed by atoms with E-state index < -0.39 is 6.17 Å². The van der Waals surface area contributed by atoms with Gasteiger partial charge in [0.25, 0.3) is 0 Å². The molecule has 0 amide bonds. The van der Waals surface area contributed by atoms with Gasteiger partial charge in [-0.25, -0.2) is 4.39 Å². The predicted molar refractivity (Wildman–Crippen MR) is 112 cm³/mol. The largest absolute Gasteiger partial charge is 0.396 e. The van der Waals surface area contributed by atoms with Gasteiger partial charge in [0.05, 0.1) is 18.8 Å². The van der Waals surface area contributed by atoms with Crippen LogP contribution in [0.1, 0.15) is 51.9 Å². The van der Waals surface area contributed by atoms with Crippen LogP contribution in [0.4, 0.5) is 4.39 Å². The standard InChI is InChI=1S/C24H36FNO3/c1-15-11-16(9-10-27)5-8-22(15)26-23-21-13-19(6-7-20(21)24(23)28)29-14-17-3-2-4-18(25)12-17/h3,6-7,11,15,18-24,26-28H,2,4-5,8-10,12-14H2,1H3. The van der Waals surface area contributed by atoms with Crippen LogP contribution in [0.5, 0.6) is 0 Å². The van der Waals surface area contributed by atoms with E-state index in [0.717, 1.165) is 37.7 Å². The average Bonchev–Trinajstić information content (AvgIpc) is 2.71. The second-order valence-electron chi connectivity index (χ2n) is 9.44. The minimum absolute atomic E-state index is 0.0498. The molecule has 0 aromatic carbocycles. The molecule has 4 aliphatic rings. The summed E-state index contributed by atoms with van der Waals surface area (Å²) in [5.74, 6) is 1.02. The maximum atomic E-state index is 13.6. The van der Waals surface area contributed by atoms with Gasteiger partial charge in [-0.2, -0.15) is 0 Å². The molecule has 162 valence electrons. The fourth-order valence-corrected chi connectivity index (χ4v) is 5.62. The van der Waals surface area contributed by atoms with Crippen LogP contribution >= 0.6 is 0 Å². The highest BCUT2D eigenvalue weighted by Crippen LogP contribution is 2.44. The van der Waals surface area contributed by atoms with Crippen molar-refractivity contribution in [2.24, 2.45) is 17.8 Å². The van der Waals surface area contributed by atoms with Gasteiger partial charge in [-0.15, -0.1) is 0 Å². The summed E-state index contributed by atoms with van der Waals surface area (Å²) in [6, 6.07) is 0.484. The number of halogens is 1. The Kier molecular flexibility index (Phi) is 6.90. The summed E-state index contributed by atoms with van der Waals surface area (Å²) in [4.78, 5) is 0. The summed E-state index contributed by atoms with van der Waals surface area (Å²) in [5, 5.41) is 23.6. The van der Waals surface area contributed by atoms with Crippen LogP contribution in [-0.2, 0) is 4.74 Å². The van der Waals surface area contributed by atoms with Crippen LogP contribution in [0.2, 0.25) is 0 Å². The zero-order chi connectivity index (χ0) is 20.4. The number of hydrogen-bond acceptors (Lipinski definition) is 4. The third-order valence-corrected chi connectivity index (χ3v) is 7.40. The molecule has 4 aliphatic carbocycles. The first-order valence-corrected chi connectivity index (χ1v) is 11.4. The lowest BCUT2D eigenvalue weighted by Crippen LogP contribution is -2.65. The first kappa shape index (κ1) is 21.2. The molecule has 3 N–H and O–H groups in total. The minimum atomic E-state index is -0.718. The number of alkyl halides is 1. The number of nitrogens with one attached hydrogen (secondary N) is 1. The van der Waals surface area contributed by atoms with E-state index in [1.807, 2.05) is 0 Å². The van der Waals surface area contributed by atoms with Gasteiger partial charge in [-0.3, -0.25) is 0 Å². The first-order valence-electron chi connectivity index (χ1n) is 11.4. The molecule has 0 aromatic heterocycles. The third kappa shape index (κ3) is 4.84. The summed E-state index contributed by atoms with van der Waals surface area (Å²) in [5.41, 5.74) is 2.44. The van der Waals surface area contributed by atoms with Gasteiger partial charge in [0.15, 0.2) is 0 Å². The molecule has 0 aliphatic heterocycles. The number of fused-ring (bicyclic) bond motifs is 1. The highest BCUT2D eigenvalue weighted by Gasteiger charge is 2.51. The molecule has 0 saturated heterocycles. The van der Waals surface area contributed by atoms with Crippen LogP contribution in [0.3, 0.4) is 0 Å². The minimum Gasteiger partial charge on any atom is -0.396 e. The number of aliphatic hydroxyl groups is 2. The molecule has 0 aromatic rings. The normalized spacial score (nSPS) is 41.9. The summed E-state index contributed by atoms with van der Waals surface area (Å²) >= 11 is 0. The fourth-order valence-electron chi connectivity index (χ4n) is 5.62. The van der Waals surface area contributed by atoms with E-state index in [1.165, 1.54) is 5.57 Å². The highest BCUT2D eigenvalue weighted by atomic mass is 19.1. The zero-order valence-corrected chi connectivity index (χ0v) is 17.5.